The Hall–Kier alpha value is -3.10. The standard InChI is InChI=1S/C27H37N7O/c1-6-32-11-13-33(14-12-32)18-24-9-7-23(8-10-24)17-28-26(35)16-25-21(4)31-34(22(25)5)27-29-19(2)15-20(3)30-27/h7-10,15H,6,11-14,16-18H2,1-5H3,(H,28,35). The smallest absolute Gasteiger partial charge is 0.251 e. The van der Waals surface area contributed by atoms with Crippen molar-refractivity contribution in [2.24, 2.45) is 0 Å². The molecule has 0 saturated carbocycles. The van der Waals surface area contributed by atoms with Crippen LogP contribution in [0.1, 0.15) is 46.4 Å². The van der Waals surface area contributed by atoms with Gasteiger partial charge in [0, 0.05) is 61.9 Å². The molecule has 186 valence electrons. The number of hydrogen-bond acceptors (Lipinski definition) is 6. The third kappa shape index (κ3) is 6.32. The summed E-state index contributed by atoms with van der Waals surface area (Å²) in [6.07, 6.45) is 0.282. The predicted molar refractivity (Wildman–Crippen MR) is 137 cm³/mol. The van der Waals surface area contributed by atoms with Crippen molar-refractivity contribution >= 4 is 5.91 Å². The second kappa shape index (κ2) is 11.1. The van der Waals surface area contributed by atoms with Crippen LogP contribution in [-0.4, -0.2) is 68.2 Å². The van der Waals surface area contributed by atoms with Crippen LogP contribution >= 0.6 is 0 Å². The highest BCUT2D eigenvalue weighted by Crippen LogP contribution is 2.17. The van der Waals surface area contributed by atoms with Gasteiger partial charge in [-0.25, -0.2) is 14.6 Å². The number of piperazine rings is 1. The molecule has 0 unspecified atom stereocenters. The van der Waals surface area contributed by atoms with Gasteiger partial charge in [0.1, 0.15) is 0 Å². The Morgan fingerprint density at radius 2 is 1.51 bits per heavy atom. The van der Waals surface area contributed by atoms with Crippen molar-refractivity contribution in [1.82, 2.24) is 34.9 Å². The number of amides is 1. The number of rotatable bonds is 8. The molecule has 1 aliphatic heterocycles. The number of hydrogen-bond donors (Lipinski definition) is 1. The van der Waals surface area contributed by atoms with Crippen LogP contribution in [0.4, 0.5) is 0 Å². The zero-order chi connectivity index (χ0) is 24.9. The van der Waals surface area contributed by atoms with Gasteiger partial charge >= 0.3 is 0 Å². The minimum atomic E-state index is -0.0186. The topological polar surface area (TPSA) is 79.2 Å². The summed E-state index contributed by atoms with van der Waals surface area (Å²) in [5.41, 5.74) is 6.84. The monoisotopic (exact) mass is 475 g/mol. The van der Waals surface area contributed by atoms with Crippen LogP contribution in [0.5, 0.6) is 0 Å². The second-order valence-corrected chi connectivity index (χ2v) is 9.49. The van der Waals surface area contributed by atoms with Crippen molar-refractivity contribution in [3.8, 4) is 5.95 Å². The third-order valence-electron chi connectivity index (χ3n) is 6.77. The predicted octanol–water partition coefficient (Wildman–Crippen LogP) is 2.89. The molecule has 0 aliphatic carbocycles. The number of carbonyl (C=O) groups excluding carboxylic acids is 1. The average molecular weight is 476 g/mol. The molecule has 3 aromatic rings. The Labute approximate surface area is 208 Å². The van der Waals surface area contributed by atoms with Gasteiger partial charge in [0.15, 0.2) is 0 Å². The van der Waals surface area contributed by atoms with Gasteiger partial charge in [-0.15, -0.1) is 0 Å². The summed E-state index contributed by atoms with van der Waals surface area (Å²) >= 11 is 0. The van der Waals surface area contributed by atoms with E-state index >= 15 is 0 Å². The number of nitrogens with zero attached hydrogens (tertiary/aromatic N) is 6. The summed E-state index contributed by atoms with van der Waals surface area (Å²) < 4.78 is 1.73. The van der Waals surface area contributed by atoms with Gasteiger partial charge in [-0.3, -0.25) is 9.69 Å². The quantitative estimate of drug-likeness (QED) is 0.540. The number of nitrogens with one attached hydrogen (secondary N) is 1. The van der Waals surface area contributed by atoms with Crippen LogP contribution in [0.15, 0.2) is 30.3 Å². The number of aromatic nitrogens is 4. The summed E-state index contributed by atoms with van der Waals surface area (Å²) in [5.74, 6) is 0.525. The maximum atomic E-state index is 12.7. The molecule has 0 atom stereocenters. The second-order valence-electron chi connectivity index (χ2n) is 9.49. The van der Waals surface area contributed by atoms with E-state index in [-0.39, 0.29) is 12.3 Å². The molecule has 35 heavy (non-hydrogen) atoms. The highest BCUT2D eigenvalue weighted by Gasteiger charge is 2.18. The molecule has 1 amide bonds. The Bertz CT molecular complexity index is 1140. The molecule has 8 nitrogen and oxygen atoms in total. The molecular formula is C27H37N7O. The summed E-state index contributed by atoms with van der Waals surface area (Å²) in [7, 11) is 0. The van der Waals surface area contributed by atoms with Crippen LogP contribution in [0.3, 0.4) is 0 Å². The van der Waals surface area contributed by atoms with E-state index in [9.17, 15) is 4.79 Å². The molecule has 0 radical (unpaired) electrons. The molecular weight excluding hydrogens is 438 g/mol. The van der Waals surface area contributed by atoms with Gasteiger partial charge in [0.05, 0.1) is 12.1 Å². The zero-order valence-corrected chi connectivity index (χ0v) is 21.6. The van der Waals surface area contributed by atoms with Crippen LogP contribution in [0.2, 0.25) is 0 Å². The molecule has 0 bridgehead atoms. The van der Waals surface area contributed by atoms with E-state index in [0.717, 1.165) is 73.2 Å². The fraction of sp³-hybridized carbons (Fsp3) is 0.481. The van der Waals surface area contributed by atoms with Gasteiger partial charge < -0.3 is 10.2 Å². The molecule has 0 spiro atoms. The maximum absolute atomic E-state index is 12.7. The molecule has 1 aromatic carbocycles. The van der Waals surface area contributed by atoms with E-state index < -0.39 is 0 Å². The van der Waals surface area contributed by atoms with Crippen molar-refractivity contribution in [2.45, 2.75) is 54.1 Å². The third-order valence-corrected chi connectivity index (χ3v) is 6.77. The molecule has 1 aliphatic rings. The lowest BCUT2D eigenvalue weighted by atomic mass is 10.1. The van der Waals surface area contributed by atoms with Crippen molar-refractivity contribution in [1.29, 1.82) is 0 Å². The van der Waals surface area contributed by atoms with Gasteiger partial charge in [-0.1, -0.05) is 31.2 Å². The Morgan fingerprint density at radius 3 is 2.14 bits per heavy atom. The SMILES string of the molecule is CCN1CCN(Cc2ccc(CNC(=O)Cc3c(C)nn(-c4nc(C)cc(C)n4)c3C)cc2)CC1. The van der Waals surface area contributed by atoms with E-state index in [1.165, 1.54) is 5.56 Å². The Morgan fingerprint density at radius 1 is 0.914 bits per heavy atom. The van der Waals surface area contributed by atoms with Crippen LogP contribution in [0.25, 0.3) is 5.95 Å². The van der Waals surface area contributed by atoms with Gasteiger partial charge in [0.25, 0.3) is 5.95 Å². The first kappa shape index (κ1) is 25.0. The fourth-order valence-electron chi connectivity index (χ4n) is 4.64. The molecule has 1 saturated heterocycles. The van der Waals surface area contributed by atoms with Crippen LogP contribution in [0, 0.1) is 27.7 Å². The Kier molecular flexibility index (Phi) is 7.93. The first-order chi connectivity index (χ1) is 16.8. The maximum Gasteiger partial charge on any atom is 0.251 e. The lowest BCUT2D eigenvalue weighted by Crippen LogP contribution is -2.45. The highest BCUT2D eigenvalue weighted by atomic mass is 16.1. The molecule has 1 N–H and O–H groups in total. The molecule has 3 heterocycles. The van der Waals surface area contributed by atoms with E-state index in [4.69, 9.17) is 0 Å². The summed E-state index contributed by atoms with van der Waals surface area (Å²) in [4.78, 5) is 26.8. The fourth-order valence-corrected chi connectivity index (χ4v) is 4.64. The lowest BCUT2D eigenvalue weighted by molar-refractivity contribution is -0.120. The van der Waals surface area contributed by atoms with Gasteiger partial charge in [-0.05, 0) is 51.4 Å². The number of aryl methyl sites for hydroxylation is 3. The van der Waals surface area contributed by atoms with Crippen LogP contribution < -0.4 is 5.32 Å². The molecule has 1 fully saturated rings. The number of benzene rings is 1. The minimum Gasteiger partial charge on any atom is -0.352 e. The molecule has 4 rings (SSSR count). The first-order valence-corrected chi connectivity index (χ1v) is 12.5. The van der Waals surface area contributed by atoms with E-state index in [1.54, 1.807) is 4.68 Å². The zero-order valence-electron chi connectivity index (χ0n) is 21.6. The van der Waals surface area contributed by atoms with E-state index in [1.807, 2.05) is 33.8 Å². The van der Waals surface area contributed by atoms with E-state index in [0.29, 0.717) is 12.5 Å². The molecule has 2 aromatic heterocycles. The largest absolute Gasteiger partial charge is 0.352 e. The normalized spacial score (nSPS) is 14.9. The van der Waals surface area contributed by atoms with Gasteiger partial charge in [-0.2, -0.15) is 5.10 Å². The number of likely N-dealkylation sites (N-methyl/N-ethyl adjacent to an activating group) is 1. The lowest BCUT2D eigenvalue weighted by Gasteiger charge is -2.34. The van der Waals surface area contributed by atoms with Crippen molar-refractivity contribution in [2.75, 3.05) is 32.7 Å². The van der Waals surface area contributed by atoms with Gasteiger partial charge in [0.2, 0.25) is 5.91 Å². The van der Waals surface area contributed by atoms with E-state index in [2.05, 4.69) is 61.4 Å². The average Bonchev–Trinajstić information content (AvgIpc) is 3.12. The summed E-state index contributed by atoms with van der Waals surface area (Å²) in [6, 6.07) is 10.5. The highest BCUT2D eigenvalue weighted by molar-refractivity contribution is 5.79. The summed E-state index contributed by atoms with van der Waals surface area (Å²) in [5, 5.41) is 7.66. The van der Waals surface area contributed by atoms with Crippen molar-refractivity contribution in [3.05, 3.63) is 69.8 Å². The van der Waals surface area contributed by atoms with Crippen molar-refractivity contribution in [3.63, 3.8) is 0 Å². The number of carbonyl (C=O) groups is 1. The van der Waals surface area contributed by atoms with Crippen molar-refractivity contribution < 1.29 is 4.79 Å². The summed E-state index contributed by atoms with van der Waals surface area (Å²) in [6.45, 7) is 17.2. The van der Waals surface area contributed by atoms with Crippen LogP contribution in [-0.2, 0) is 24.3 Å². The minimum absolute atomic E-state index is 0.0186. The Balaban J connectivity index is 1.31. The first-order valence-electron chi connectivity index (χ1n) is 12.5. The molecule has 8 heteroatoms.